The summed E-state index contributed by atoms with van der Waals surface area (Å²) in [5, 5.41) is 2.85. The van der Waals surface area contributed by atoms with E-state index in [2.05, 4.69) is 15.2 Å². The van der Waals surface area contributed by atoms with Crippen molar-refractivity contribution in [1.29, 1.82) is 0 Å². The van der Waals surface area contributed by atoms with Crippen LogP contribution in [0.15, 0.2) is 18.3 Å². The molecule has 1 aliphatic heterocycles. The number of esters is 1. The molecule has 0 aromatic carbocycles. The summed E-state index contributed by atoms with van der Waals surface area (Å²) in [4.78, 5) is 30.0. The Morgan fingerprint density at radius 3 is 2.50 bits per heavy atom. The summed E-state index contributed by atoms with van der Waals surface area (Å²) in [6.45, 7) is 10.0. The van der Waals surface area contributed by atoms with Gasteiger partial charge in [0, 0.05) is 25.8 Å². The molecule has 7 nitrogen and oxygen atoms in total. The van der Waals surface area contributed by atoms with Gasteiger partial charge in [-0.15, -0.1) is 0 Å². The number of rotatable bonds is 5. The number of hydrogen-bond acceptors (Lipinski definition) is 6. The van der Waals surface area contributed by atoms with Gasteiger partial charge in [0.15, 0.2) is 0 Å². The van der Waals surface area contributed by atoms with Gasteiger partial charge in [-0.3, -0.25) is 0 Å². The summed E-state index contributed by atoms with van der Waals surface area (Å²) >= 11 is 0. The molecule has 1 aromatic heterocycles. The minimum atomic E-state index is -0.477. The molecule has 144 valence electrons. The lowest BCUT2D eigenvalue weighted by molar-refractivity contribution is 0.0509. The monoisotopic (exact) mass is 363 g/mol. The lowest BCUT2D eigenvalue weighted by atomic mass is 9.97. The van der Waals surface area contributed by atoms with E-state index >= 15 is 0 Å². The lowest BCUT2D eigenvalue weighted by Gasteiger charge is -2.33. The van der Waals surface area contributed by atoms with Crippen molar-refractivity contribution >= 4 is 17.9 Å². The highest BCUT2D eigenvalue weighted by molar-refractivity contribution is 5.89. The number of carbonyl (C=O) groups excluding carboxylic acids is 2. The molecule has 2 heterocycles. The maximum absolute atomic E-state index is 11.7. The first-order valence-electron chi connectivity index (χ1n) is 9.13. The molecule has 1 aromatic rings. The minimum Gasteiger partial charge on any atom is -0.462 e. The van der Waals surface area contributed by atoms with E-state index in [1.165, 1.54) is 0 Å². The van der Waals surface area contributed by atoms with Gasteiger partial charge < -0.3 is 19.7 Å². The third kappa shape index (κ3) is 6.20. The van der Waals surface area contributed by atoms with Crippen molar-refractivity contribution in [2.75, 3.05) is 31.1 Å². The van der Waals surface area contributed by atoms with Gasteiger partial charge in [-0.2, -0.15) is 0 Å². The zero-order valence-electron chi connectivity index (χ0n) is 16.1. The highest BCUT2D eigenvalue weighted by atomic mass is 16.6. The minimum absolute atomic E-state index is 0.349. The molecule has 1 amide bonds. The Hall–Kier alpha value is -2.31. The van der Waals surface area contributed by atoms with E-state index in [0.29, 0.717) is 24.6 Å². The number of nitrogens with one attached hydrogen (secondary N) is 1. The molecule has 0 saturated carbocycles. The number of alkyl carbamates (subject to hydrolysis) is 1. The first kappa shape index (κ1) is 20.0. The molecule has 1 N–H and O–H groups in total. The zero-order valence-corrected chi connectivity index (χ0v) is 16.1. The van der Waals surface area contributed by atoms with E-state index in [0.717, 1.165) is 31.7 Å². The number of ether oxygens (including phenoxy) is 2. The fraction of sp³-hybridized carbons (Fsp3) is 0.632. The van der Waals surface area contributed by atoms with Gasteiger partial charge >= 0.3 is 12.1 Å². The summed E-state index contributed by atoms with van der Waals surface area (Å²) in [6, 6.07) is 3.60. The summed E-state index contributed by atoms with van der Waals surface area (Å²) < 4.78 is 10.2. The van der Waals surface area contributed by atoms with E-state index in [1.54, 1.807) is 19.2 Å². The van der Waals surface area contributed by atoms with Gasteiger partial charge in [0.25, 0.3) is 0 Å². The van der Waals surface area contributed by atoms with Crippen LogP contribution in [0.3, 0.4) is 0 Å². The molecule has 2 rings (SSSR count). The molecule has 0 spiro atoms. The fourth-order valence-corrected chi connectivity index (χ4v) is 2.82. The van der Waals surface area contributed by atoms with Gasteiger partial charge in [-0.05, 0) is 58.6 Å². The molecule has 1 aliphatic rings. The summed E-state index contributed by atoms with van der Waals surface area (Å²) in [6.07, 6.45) is 3.13. The van der Waals surface area contributed by atoms with Crippen molar-refractivity contribution in [2.24, 2.45) is 5.92 Å². The average molecular weight is 363 g/mol. The Labute approximate surface area is 155 Å². The SMILES string of the molecule is CCOC(=O)c1ccc(N2CCC(CNC(=O)OC(C)(C)C)CC2)nc1. The van der Waals surface area contributed by atoms with E-state index in [-0.39, 0.29) is 12.1 Å². The zero-order chi connectivity index (χ0) is 19.2. The predicted molar refractivity (Wildman–Crippen MR) is 99.4 cm³/mol. The van der Waals surface area contributed by atoms with Crippen LogP contribution in [-0.2, 0) is 9.47 Å². The number of hydrogen-bond donors (Lipinski definition) is 1. The quantitative estimate of drug-likeness (QED) is 0.810. The molecule has 0 aliphatic carbocycles. The van der Waals surface area contributed by atoms with Gasteiger partial charge in [-0.25, -0.2) is 14.6 Å². The molecular weight excluding hydrogens is 334 g/mol. The van der Waals surface area contributed by atoms with Crippen LogP contribution >= 0.6 is 0 Å². The Morgan fingerprint density at radius 2 is 1.96 bits per heavy atom. The van der Waals surface area contributed by atoms with Gasteiger partial charge in [0.2, 0.25) is 0 Å². The number of pyridine rings is 1. The van der Waals surface area contributed by atoms with Crippen molar-refractivity contribution in [3.63, 3.8) is 0 Å². The third-order valence-electron chi connectivity index (χ3n) is 4.13. The molecule has 1 saturated heterocycles. The van der Waals surface area contributed by atoms with Crippen LogP contribution in [0, 0.1) is 5.92 Å². The highest BCUT2D eigenvalue weighted by Crippen LogP contribution is 2.21. The van der Waals surface area contributed by atoms with Crippen LogP contribution in [0.1, 0.15) is 50.9 Å². The predicted octanol–water partition coefficient (Wildman–Crippen LogP) is 3.00. The van der Waals surface area contributed by atoms with Crippen LogP contribution in [0.4, 0.5) is 10.6 Å². The standard InChI is InChI=1S/C19H29N3O4/c1-5-25-17(23)15-6-7-16(20-13-15)22-10-8-14(9-11-22)12-21-18(24)26-19(2,3)4/h6-7,13-14H,5,8-12H2,1-4H3,(H,21,24). The molecule has 1 fully saturated rings. The molecule has 0 unspecified atom stereocenters. The summed E-state index contributed by atoms with van der Waals surface area (Å²) in [5.74, 6) is 0.938. The Balaban J connectivity index is 1.77. The van der Waals surface area contributed by atoms with Crippen LogP contribution in [0.25, 0.3) is 0 Å². The smallest absolute Gasteiger partial charge is 0.407 e. The Kier molecular flexibility index (Phi) is 6.83. The molecule has 26 heavy (non-hydrogen) atoms. The van der Waals surface area contributed by atoms with E-state index in [1.807, 2.05) is 26.8 Å². The molecule has 0 atom stereocenters. The van der Waals surface area contributed by atoms with Crippen LogP contribution < -0.4 is 10.2 Å². The number of nitrogens with zero attached hydrogens (tertiary/aromatic N) is 2. The van der Waals surface area contributed by atoms with Crippen LogP contribution in [0.2, 0.25) is 0 Å². The highest BCUT2D eigenvalue weighted by Gasteiger charge is 2.22. The molecular formula is C19H29N3O4. The van der Waals surface area contributed by atoms with Gasteiger partial charge in [0.05, 0.1) is 12.2 Å². The van der Waals surface area contributed by atoms with Crippen molar-refractivity contribution in [3.05, 3.63) is 23.9 Å². The lowest BCUT2D eigenvalue weighted by Crippen LogP contribution is -2.40. The third-order valence-corrected chi connectivity index (χ3v) is 4.13. The number of anilines is 1. The van der Waals surface area contributed by atoms with Crippen LogP contribution in [-0.4, -0.2) is 48.9 Å². The van der Waals surface area contributed by atoms with E-state index in [9.17, 15) is 9.59 Å². The number of aromatic nitrogens is 1. The van der Waals surface area contributed by atoms with Gasteiger partial charge in [-0.1, -0.05) is 0 Å². The second-order valence-electron chi connectivity index (χ2n) is 7.44. The summed E-state index contributed by atoms with van der Waals surface area (Å²) in [5.41, 5.74) is -0.0125. The topological polar surface area (TPSA) is 80.8 Å². The largest absolute Gasteiger partial charge is 0.462 e. The molecule has 0 bridgehead atoms. The van der Waals surface area contributed by atoms with Crippen LogP contribution in [0.5, 0.6) is 0 Å². The maximum atomic E-state index is 11.7. The van der Waals surface area contributed by atoms with Crippen molar-refractivity contribution in [1.82, 2.24) is 10.3 Å². The van der Waals surface area contributed by atoms with E-state index in [4.69, 9.17) is 9.47 Å². The van der Waals surface area contributed by atoms with E-state index < -0.39 is 5.60 Å². The molecule has 7 heteroatoms. The first-order valence-corrected chi connectivity index (χ1v) is 9.13. The fourth-order valence-electron chi connectivity index (χ4n) is 2.82. The van der Waals surface area contributed by atoms with Crippen molar-refractivity contribution < 1.29 is 19.1 Å². The average Bonchev–Trinajstić information content (AvgIpc) is 2.59. The second-order valence-corrected chi connectivity index (χ2v) is 7.44. The molecule has 0 radical (unpaired) electrons. The van der Waals surface area contributed by atoms with Crippen molar-refractivity contribution in [3.8, 4) is 0 Å². The maximum Gasteiger partial charge on any atom is 0.407 e. The number of piperidine rings is 1. The Bertz CT molecular complexity index is 602. The number of amides is 1. The number of carbonyl (C=O) groups is 2. The van der Waals surface area contributed by atoms with Crippen molar-refractivity contribution in [2.45, 2.75) is 46.1 Å². The second kappa shape index (κ2) is 8.87. The normalized spacial score (nSPS) is 15.5. The first-order chi connectivity index (χ1) is 12.3. The Morgan fingerprint density at radius 1 is 1.27 bits per heavy atom. The summed E-state index contributed by atoms with van der Waals surface area (Å²) in [7, 11) is 0. The van der Waals surface area contributed by atoms with Gasteiger partial charge in [0.1, 0.15) is 11.4 Å².